The lowest BCUT2D eigenvalue weighted by Crippen LogP contribution is -2.51. The van der Waals surface area contributed by atoms with Gasteiger partial charge in [-0.25, -0.2) is 0 Å². The minimum absolute atomic E-state index is 0.245. The molecule has 0 heterocycles. The Balaban J connectivity index is 3.58. The van der Waals surface area contributed by atoms with E-state index in [0.29, 0.717) is 4.79 Å². The van der Waals surface area contributed by atoms with Crippen molar-refractivity contribution in [2.45, 2.75) is 18.1 Å². The molecule has 0 aliphatic carbocycles. The van der Waals surface area contributed by atoms with Crippen LogP contribution in [0.4, 0.5) is 0 Å². The zero-order chi connectivity index (χ0) is 6.62. The van der Waals surface area contributed by atoms with Crippen LogP contribution in [0.25, 0.3) is 0 Å². The summed E-state index contributed by atoms with van der Waals surface area (Å²) >= 11 is 0. The molecule has 50 valence electrons. The number of hydrogen-bond acceptors (Lipinski definition) is 1. The molecule has 0 aromatic carbocycles. The first-order chi connectivity index (χ1) is 3.68. The van der Waals surface area contributed by atoms with Gasteiger partial charge in [-0.3, -0.25) is 0 Å². The minimum Gasteiger partial charge on any atom is -0.332 e. The zero-order valence-corrected chi connectivity index (χ0v) is 13.0. The van der Waals surface area contributed by atoms with Gasteiger partial charge in [-0.2, -0.15) is 0 Å². The van der Waals surface area contributed by atoms with Crippen molar-refractivity contribution >= 4 is 37.6 Å². The van der Waals surface area contributed by atoms with Gasteiger partial charge in [-0.05, 0) is 30.7 Å². The van der Waals surface area contributed by atoms with Crippen molar-refractivity contribution in [3.8, 4) is 0 Å². The van der Waals surface area contributed by atoms with E-state index in [4.69, 9.17) is 5.73 Å². The predicted octanol–water partition coefficient (Wildman–Crippen LogP) is -4.09. The molecule has 0 atom stereocenters. The number of rotatable bonds is 3. The molecule has 0 aliphatic heterocycles. The Morgan fingerprint density at radius 3 is 1.88 bits per heavy atom. The molecule has 8 heavy (non-hydrogen) atoms. The summed E-state index contributed by atoms with van der Waals surface area (Å²) in [6.07, 6.45) is 1.29. The average molecular weight is 180 g/mol. The van der Waals surface area contributed by atoms with Crippen LogP contribution in [0.15, 0.2) is 0 Å². The first-order valence-corrected chi connectivity index (χ1v) is 16.2. The molecule has 0 radical (unpaired) electrons. The average Bonchev–Trinajstić information content (AvgIpc) is 1.87. The normalized spacial score (nSPS) is 21.8. The fraction of sp³-hybridized carbons (Fsp3) is 1.00. The maximum Gasteiger partial charge on any atom is 0.0236 e. The van der Waals surface area contributed by atoms with Gasteiger partial charge in [0, 0.05) is 18.1 Å². The maximum absolute atomic E-state index is 6.09. The molecule has 0 saturated carbocycles. The van der Waals surface area contributed by atoms with E-state index in [1.165, 1.54) is 25.9 Å². The molecule has 0 rings (SSSR count). The number of nitrogens with two attached hydrogens (primary N) is 1. The lowest BCUT2D eigenvalue weighted by molar-refractivity contribution is 0.774. The third-order valence-electron chi connectivity index (χ3n) is 2.11. The van der Waals surface area contributed by atoms with Crippen LogP contribution in [0.2, 0.25) is 0 Å². The van der Waals surface area contributed by atoms with Gasteiger partial charge >= 0.3 is 0 Å². The number of hydrogen-bond donors (Lipinski definition) is 1. The third kappa shape index (κ3) is 2.40. The molecule has 5 heteroatoms. The summed E-state index contributed by atoms with van der Waals surface area (Å²) < 4.78 is 0. The zero-order valence-electron chi connectivity index (χ0n) is 6.20. The first kappa shape index (κ1) is 8.83. The standard InChI is InChI=1S/C3H17NSi4/c1-2-3(4,7-5)8-6/h2,4,7-8H2,1,5-6H3. The highest BCUT2D eigenvalue weighted by molar-refractivity contribution is 7.05. The van der Waals surface area contributed by atoms with Crippen molar-refractivity contribution in [1.82, 2.24) is 0 Å². The van der Waals surface area contributed by atoms with Crippen molar-refractivity contribution in [2.75, 3.05) is 0 Å². The predicted molar refractivity (Wildman–Crippen MR) is 54.2 cm³/mol. The second-order valence-corrected chi connectivity index (χ2v) is 11.9. The second kappa shape index (κ2) is 3.78. The van der Waals surface area contributed by atoms with Gasteiger partial charge in [-0.15, -0.1) is 0 Å². The van der Waals surface area contributed by atoms with Crippen LogP contribution in [0.3, 0.4) is 0 Å². The molecule has 0 aliphatic rings. The summed E-state index contributed by atoms with van der Waals surface area (Å²) in [5.74, 6) is 0. The van der Waals surface area contributed by atoms with Gasteiger partial charge in [0.15, 0.2) is 0 Å². The lowest BCUT2D eigenvalue weighted by Gasteiger charge is -2.23. The molecule has 0 saturated heterocycles. The van der Waals surface area contributed by atoms with Crippen LogP contribution >= 0.6 is 0 Å². The SMILES string of the molecule is CCC(N)([SiH2][SiH3])[SiH2][SiH3]. The van der Waals surface area contributed by atoms with Gasteiger partial charge in [0.2, 0.25) is 0 Å². The lowest BCUT2D eigenvalue weighted by atomic mass is 10.5. The minimum atomic E-state index is 0.245. The van der Waals surface area contributed by atoms with Crippen molar-refractivity contribution < 1.29 is 0 Å². The highest BCUT2D eigenvalue weighted by Crippen LogP contribution is 1.97. The summed E-state index contributed by atoms with van der Waals surface area (Å²) in [5.41, 5.74) is 6.09. The van der Waals surface area contributed by atoms with E-state index in [0.717, 1.165) is 0 Å². The molecule has 1 nitrogen and oxygen atoms in total. The van der Waals surface area contributed by atoms with E-state index in [1.807, 2.05) is 0 Å². The van der Waals surface area contributed by atoms with E-state index < -0.39 is 0 Å². The van der Waals surface area contributed by atoms with E-state index in [1.54, 1.807) is 0 Å². The molecule has 0 spiro atoms. The Morgan fingerprint density at radius 2 is 1.88 bits per heavy atom. The van der Waals surface area contributed by atoms with Crippen molar-refractivity contribution in [1.29, 1.82) is 0 Å². The summed E-state index contributed by atoms with van der Waals surface area (Å²) in [5, 5.41) is 0. The molecule has 0 unspecified atom stereocenters. The summed E-state index contributed by atoms with van der Waals surface area (Å²) in [6, 6.07) is 0. The topological polar surface area (TPSA) is 26.0 Å². The molecular weight excluding hydrogens is 162 g/mol. The van der Waals surface area contributed by atoms with Gasteiger partial charge in [0.1, 0.15) is 0 Å². The summed E-state index contributed by atoms with van der Waals surface area (Å²) in [4.78, 5) is 0.526. The van der Waals surface area contributed by atoms with E-state index in [9.17, 15) is 0 Å². The highest BCUT2D eigenvalue weighted by atomic mass is 29.1. The van der Waals surface area contributed by atoms with Crippen molar-refractivity contribution in [2.24, 2.45) is 5.73 Å². The van der Waals surface area contributed by atoms with Crippen LogP contribution in [0.1, 0.15) is 13.3 Å². The third-order valence-corrected chi connectivity index (χ3v) is 23.4. The second-order valence-electron chi connectivity index (χ2n) is 2.42. The van der Waals surface area contributed by atoms with Crippen LogP contribution in [-0.4, -0.2) is 42.4 Å². The van der Waals surface area contributed by atoms with Crippen LogP contribution in [-0.2, 0) is 0 Å². The Hall–Kier alpha value is 0.828. The van der Waals surface area contributed by atoms with Gasteiger partial charge in [0.25, 0.3) is 0 Å². The monoisotopic (exact) mass is 179 g/mol. The smallest absolute Gasteiger partial charge is 0.0236 e. The van der Waals surface area contributed by atoms with E-state index in [-0.39, 0.29) is 18.1 Å². The highest BCUT2D eigenvalue weighted by Gasteiger charge is 2.16. The molecule has 0 amide bonds. The van der Waals surface area contributed by atoms with E-state index >= 15 is 0 Å². The fourth-order valence-electron chi connectivity index (χ4n) is 0.750. The first-order valence-electron chi connectivity index (χ1n) is 3.47. The van der Waals surface area contributed by atoms with Gasteiger partial charge in [0.05, 0.1) is 0 Å². The molecule has 0 aromatic rings. The summed E-state index contributed by atoms with van der Waals surface area (Å²) in [7, 11) is 3.36. The Bertz CT molecular complexity index is 54.0. The summed E-state index contributed by atoms with van der Waals surface area (Å²) in [6.45, 7) is 2.26. The quantitative estimate of drug-likeness (QED) is 0.438. The molecule has 2 N–H and O–H groups in total. The van der Waals surface area contributed by atoms with Crippen LogP contribution < -0.4 is 5.73 Å². The van der Waals surface area contributed by atoms with Crippen molar-refractivity contribution in [3.05, 3.63) is 0 Å². The molecule has 0 aromatic heterocycles. The van der Waals surface area contributed by atoms with Gasteiger partial charge in [-0.1, -0.05) is 6.92 Å². The van der Waals surface area contributed by atoms with Gasteiger partial charge < -0.3 is 5.73 Å². The largest absolute Gasteiger partial charge is 0.332 e. The Morgan fingerprint density at radius 1 is 1.50 bits per heavy atom. The fourth-order valence-corrected chi connectivity index (χ4v) is 24.7. The Kier molecular flexibility index (Phi) is 4.17. The van der Waals surface area contributed by atoms with Crippen LogP contribution in [0, 0.1) is 0 Å². The molecule has 0 bridgehead atoms. The van der Waals surface area contributed by atoms with Crippen LogP contribution in [0.5, 0.6) is 0 Å². The Labute approximate surface area is 61.9 Å². The molecular formula is C3H17NSi4. The van der Waals surface area contributed by atoms with E-state index in [2.05, 4.69) is 6.92 Å². The maximum atomic E-state index is 6.09. The molecule has 0 fully saturated rings. The van der Waals surface area contributed by atoms with Crippen molar-refractivity contribution in [3.63, 3.8) is 0 Å².